The molecule has 0 amide bonds. The number of para-hydroxylation sites is 1. The molecule has 5 nitrogen and oxygen atoms in total. The monoisotopic (exact) mass is 375 g/mol. The topological polar surface area (TPSA) is 62.9 Å². The van der Waals surface area contributed by atoms with Crippen molar-refractivity contribution < 1.29 is 18.9 Å². The Balaban J connectivity index is 1.65. The van der Waals surface area contributed by atoms with Crippen LogP contribution in [0.25, 0.3) is 0 Å². The number of ether oxygens (including phenoxy) is 4. The highest BCUT2D eigenvalue weighted by atomic mass is 16.6. The Bertz CT molecular complexity index is 958. The van der Waals surface area contributed by atoms with Crippen molar-refractivity contribution in [2.75, 3.05) is 32.2 Å². The Hall–Kier alpha value is -3.34. The van der Waals surface area contributed by atoms with Crippen molar-refractivity contribution >= 4 is 5.69 Å². The van der Waals surface area contributed by atoms with Crippen LogP contribution >= 0.6 is 0 Å². The first-order valence-corrected chi connectivity index (χ1v) is 9.43. The maximum Gasteiger partial charge on any atom is 0.161 e. The standard InChI is InChI=1S/C23H21NO4/c24-18-4-2-1-3-17(18)23(15-5-7-19-21(13-15)27-11-9-25-19)16-6-8-20-22(14-16)28-12-10-26-20/h1-8,13-14,23H,9-12,24H2. The van der Waals surface area contributed by atoms with Crippen LogP contribution in [0.3, 0.4) is 0 Å². The first kappa shape index (κ1) is 16.8. The van der Waals surface area contributed by atoms with Crippen LogP contribution in [0.2, 0.25) is 0 Å². The highest BCUT2D eigenvalue weighted by molar-refractivity contribution is 5.59. The lowest BCUT2D eigenvalue weighted by atomic mass is 9.84. The molecular weight excluding hydrogens is 354 g/mol. The van der Waals surface area contributed by atoms with Crippen molar-refractivity contribution in [1.82, 2.24) is 0 Å². The van der Waals surface area contributed by atoms with Crippen LogP contribution in [-0.4, -0.2) is 26.4 Å². The zero-order chi connectivity index (χ0) is 18.9. The summed E-state index contributed by atoms with van der Waals surface area (Å²) in [4.78, 5) is 0. The summed E-state index contributed by atoms with van der Waals surface area (Å²) in [6.07, 6.45) is 0. The van der Waals surface area contributed by atoms with Crippen LogP contribution in [0, 0.1) is 0 Å². The third kappa shape index (κ3) is 2.99. The van der Waals surface area contributed by atoms with E-state index in [9.17, 15) is 0 Å². The quantitative estimate of drug-likeness (QED) is 0.554. The second kappa shape index (κ2) is 7.00. The van der Waals surface area contributed by atoms with E-state index >= 15 is 0 Å². The van der Waals surface area contributed by atoms with Gasteiger partial charge in [0.05, 0.1) is 0 Å². The van der Waals surface area contributed by atoms with Gasteiger partial charge in [-0.2, -0.15) is 0 Å². The van der Waals surface area contributed by atoms with Gasteiger partial charge in [-0.05, 0) is 47.0 Å². The Labute approximate surface area is 163 Å². The third-order valence-corrected chi connectivity index (χ3v) is 5.11. The summed E-state index contributed by atoms with van der Waals surface area (Å²) >= 11 is 0. The lowest BCUT2D eigenvalue weighted by molar-refractivity contribution is 0.171. The molecule has 0 bridgehead atoms. The molecule has 0 saturated heterocycles. The van der Waals surface area contributed by atoms with Crippen LogP contribution < -0.4 is 24.7 Å². The molecule has 0 atom stereocenters. The maximum atomic E-state index is 6.36. The van der Waals surface area contributed by atoms with Crippen LogP contribution in [-0.2, 0) is 0 Å². The van der Waals surface area contributed by atoms with E-state index in [0.717, 1.165) is 45.4 Å². The minimum absolute atomic E-state index is 0.0622. The van der Waals surface area contributed by atoms with Crippen molar-refractivity contribution in [3.63, 3.8) is 0 Å². The van der Waals surface area contributed by atoms with Crippen LogP contribution in [0.15, 0.2) is 60.7 Å². The normalized spacial score (nSPS) is 14.8. The minimum Gasteiger partial charge on any atom is -0.486 e. The van der Waals surface area contributed by atoms with E-state index in [1.807, 2.05) is 42.5 Å². The maximum absolute atomic E-state index is 6.36. The van der Waals surface area contributed by atoms with Crippen molar-refractivity contribution in [2.24, 2.45) is 0 Å². The Morgan fingerprint density at radius 1 is 0.607 bits per heavy atom. The fourth-order valence-electron chi connectivity index (χ4n) is 3.80. The molecule has 5 rings (SSSR count). The van der Waals surface area contributed by atoms with E-state index in [4.69, 9.17) is 24.7 Å². The first-order valence-electron chi connectivity index (χ1n) is 9.43. The lowest BCUT2D eigenvalue weighted by Crippen LogP contribution is -2.17. The zero-order valence-corrected chi connectivity index (χ0v) is 15.4. The van der Waals surface area contributed by atoms with Crippen LogP contribution in [0.5, 0.6) is 23.0 Å². The van der Waals surface area contributed by atoms with E-state index < -0.39 is 0 Å². The van der Waals surface area contributed by atoms with Gasteiger partial charge in [0.2, 0.25) is 0 Å². The molecular formula is C23H21NO4. The van der Waals surface area contributed by atoms with Gasteiger partial charge in [-0.25, -0.2) is 0 Å². The van der Waals surface area contributed by atoms with Crippen molar-refractivity contribution in [2.45, 2.75) is 5.92 Å². The summed E-state index contributed by atoms with van der Waals surface area (Å²) in [6.45, 7) is 2.25. The molecule has 0 saturated carbocycles. The predicted molar refractivity (Wildman–Crippen MR) is 107 cm³/mol. The molecule has 0 aliphatic carbocycles. The zero-order valence-electron chi connectivity index (χ0n) is 15.4. The number of hydrogen-bond acceptors (Lipinski definition) is 5. The smallest absolute Gasteiger partial charge is 0.161 e. The molecule has 2 heterocycles. The predicted octanol–water partition coefficient (Wildman–Crippen LogP) is 3.99. The molecule has 0 unspecified atom stereocenters. The summed E-state index contributed by atoms with van der Waals surface area (Å²) in [5.74, 6) is 3.02. The number of fused-ring (bicyclic) bond motifs is 2. The SMILES string of the molecule is Nc1ccccc1C(c1ccc2c(c1)OCCO2)c1ccc2c(c1)OCCO2. The highest BCUT2D eigenvalue weighted by Gasteiger charge is 2.24. The van der Waals surface area contributed by atoms with E-state index in [2.05, 4.69) is 18.2 Å². The molecule has 3 aromatic carbocycles. The molecule has 5 heteroatoms. The second-order valence-corrected chi connectivity index (χ2v) is 6.87. The van der Waals surface area contributed by atoms with Crippen LogP contribution in [0.4, 0.5) is 5.69 Å². The number of rotatable bonds is 3. The van der Waals surface area contributed by atoms with Gasteiger partial charge in [0, 0.05) is 11.6 Å². The largest absolute Gasteiger partial charge is 0.486 e. The van der Waals surface area contributed by atoms with Gasteiger partial charge < -0.3 is 24.7 Å². The number of benzene rings is 3. The van der Waals surface area contributed by atoms with Gasteiger partial charge in [0.1, 0.15) is 26.4 Å². The van der Waals surface area contributed by atoms with Gasteiger partial charge in [-0.3, -0.25) is 0 Å². The summed E-state index contributed by atoms with van der Waals surface area (Å²) in [5.41, 5.74) is 10.3. The Kier molecular flexibility index (Phi) is 4.20. The highest BCUT2D eigenvalue weighted by Crippen LogP contribution is 2.42. The molecule has 0 spiro atoms. The Morgan fingerprint density at radius 3 is 1.64 bits per heavy atom. The summed E-state index contributed by atoms with van der Waals surface area (Å²) in [5, 5.41) is 0. The van der Waals surface area contributed by atoms with Gasteiger partial charge in [-0.1, -0.05) is 30.3 Å². The van der Waals surface area contributed by atoms with E-state index in [-0.39, 0.29) is 5.92 Å². The van der Waals surface area contributed by atoms with E-state index in [1.165, 1.54) is 0 Å². The molecule has 2 aliphatic heterocycles. The van der Waals surface area contributed by atoms with E-state index in [0.29, 0.717) is 26.4 Å². The fraction of sp³-hybridized carbons (Fsp3) is 0.217. The average molecular weight is 375 g/mol. The third-order valence-electron chi connectivity index (χ3n) is 5.11. The van der Waals surface area contributed by atoms with E-state index in [1.54, 1.807) is 0 Å². The molecule has 0 radical (unpaired) electrons. The molecule has 0 aromatic heterocycles. The Morgan fingerprint density at radius 2 is 1.11 bits per heavy atom. The number of hydrogen-bond donors (Lipinski definition) is 1. The van der Waals surface area contributed by atoms with Gasteiger partial charge in [0.25, 0.3) is 0 Å². The van der Waals surface area contributed by atoms with Gasteiger partial charge in [0.15, 0.2) is 23.0 Å². The minimum atomic E-state index is -0.0622. The lowest BCUT2D eigenvalue weighted by Gasteiger charge is -2.25. The van der Waals surface area contributed by atoms with Crippen molar-refractivity contribution in [3.8, 4) is 23.0 Å². The number of nitrogen functional groups attached to an aromatic ring is 1. The molecule has 3 aromatic rings. The van der Waals surface area contributed by atoms with Crippen molar-refractivity contribution in [3.05, 3.63) is 77.4 Å². The molecule has 0 fully saturated rings. The van der Waals surface area contributed by atoms with Crippen molar-refractivity contribution in [1.29, 1.82) is 0 Å². The van der Waals surface area contributed by atoms with Gasteiger partial charge >= 0.3 is 0 Å². The molecule has 2 aliphatic rings. The molecule has 28 heavy (non-hydrogen) atoms. The van der Waals surface area contributed by atoms with Crippen LogP contribution in [0.1, 0.15) is 22.6 Å². The van der Waals surface area contributed by atoms with Gasteiger partial charge in [-0.15, -0.1) is 0 Å². The fourth-order valence-corrected chi connectivity index (χ4v) is 3.80. The first-order chi connectivity index (χ1) is 13.8. The number of nitrogens with two attached hydrogens (primary N) is 1. The summed E-state index contributed by atoms with van der Waals surface area (Å²) < 4.78 is 23.0. The summed E-state index contributed by atoms with van der Waals surface area (Å²) in [6, 6.07) is 20.1. The summed E-state index contributed by atoms with van der Waals surface area (Å²) in [7, 11) is 0. The molecule has 2 N–H and O–H groups in total. The molecule has 142 valence electrons. The second-order valence-electron chi connectivity index (χ2n) is 6.87. The average Bonchev–Trinajstić information content (AvgIpc) is 2.75. The number of anilines is 1.